The Bertz CT molecular complexity index is 390. The molecule has 0 heterocycles. The van der Waals surface area contributed by atoms with Gasteiger partial charge in [0.2, 0.25) is 0 Å². The smallest absolute Gasteiger partial charge is 0.384 e. The van der Waals surface area contributed by atoms with E-state index in [2.05, 4.69) is 5.32 Å². The van der Waals surface area contributed by atoms with Gasteiger partial charge < -0.3 is 5.32 Å². The first-order valence-corrected chi connectivity index (χ1v) is 6.08. The van der Waals surface area contributed by atoms with Crippen LogP contribution in [0.3, 0.4) is 0 Å². The molecule has 0 spiro atoms. The van der Waals surface area contributed by atoms with E-state index >= 15 is 0 Å². The normalized spacial score (nSPS) is 12.2. The summed E-state index contributed by atoms with van der Waals surface area (Å²) in [6, 6.07) is 5.65. The van der Waals surface area contributed by atoms with E-state index in [9.17, 15) is 17.6 Å². The molecule has 0 amide bonds. The number of anilines is 1. The van der Waals surface area contributed by atoms with E-state index in [0.29, 0.717) is 12.2 Å². The van der Waals surface area contributed by atoms with E-state index < -0.39 is 12.7 Å². The Labute approximate surface area is 110 Å². The summed E-state index contributed by atoms with van der Waals surface area (Å²) in [5.74, 6) is -0.374. The number of hydrogen-bond donors (Lipinski definition) is 1. The molecule has 2 nitrogen and oxygen atoms in total. The molecule has 19 heavy (non-hydrogen) atoms. The van der Waals surface area contributed by atoms with Crippen molar-refractivity contribution in [3.8, 4) is 0 Å². The molecule has 1 aromatic carbocycles. The van der Waals surface area contributed by atoms with Crippen LogP contribution in [0.2, 0.25) is 0 Å². The summed E-state index contributed by atoms with van der Waals surface area (Å²) in [5, 5.41) is 2.91. The highest BCUT2D eigenvalue weighted by atomic mass is 19.4. The molecular formula is C13H18F4N2. The zero-order valence-electron chi connectivity index (χ0n) is 11.0. The Morgan fingerprint density at radius 1 is 1.26 bits per heavy atom. The van der Waals surface area contributed by atoms with Gasteiger partial charge in [-0.25, -0.2) is 4.39 Å². The molecule has 0 fully saturated rings. The second-order valence-corrected chi connectivity index (χ2v) is 4.62. The van der Waals surface area contributed by atoms with Gasteiger partial charge in [0.15, 0.2) is 0 Å². The van der Waals surface area contributed by atoms with Gasteiger partial charge in [0, 0.05) is 24.8 Å². The maximum absolute atomic E-state index is 12.9. The number of alkyl halides is 3. The Morgan fingerprint density at radius 2 is 1.95 bits per heavy atom. The molecule has 1 rings (SSSR count). The lowest BCUT2D eigenvalue weighted by atomic mass is 10.3. The summed E-state index contributed by atoms with van der Waals surface area (Å²) in [6.07, 6.45) is -4.21. The maximum Gasteiger partial charge on any atom is 0.401 e. The summed E-state index contributed by atoms with van der Waals surface area (Å²) in [7, 11) is 0. The monoisotopic (exact) mass is 278 g/mol. The predicted octanol–water partition coefficient (Wildman–Crippen LogP) is 3.51. The van der Waals surface area contributed by atoms with Gasteiger partial charge in [0.1, 0.15) is 5.82 Å². The van der Waals surface area contributed by atoms with Gasteiger partial charge in [-0.15, -0.1) is 0 Å². The van der Waals surface area contributed by atoms with Crippen LogP contribution in [0.25, 0.3) is 0 Å². The Hall–Kier alpha value is -1.30. The molecule has 0 aliphatic rings. The topological polar surface area (TPSA) is 15.3 Å². The fraction of sp³-hybridized carbons (Fsp3) is 0.538. The zero-order chi connectivity index (χ0) is 14.5. The molecule has 6 heteroatoms. The first-order chi connectivity index (χ1) is 8.78. The first kappa shape index (κ1) is 15.8. The summed E-state index contributed by atoms with van der Waals surface area (Å²) < 4.78 is 50.0. The van der Waals surface area contributed by atoms with Crippen molar-refractivity contribution in [2.24, 2.45) is 0 Å². The van der Waals surface area contributed by atoms with Crippen molar-refractivity contribution in [1.82, 2.24) is 4.90 Å². The number of nitrogens with zero attached hydrogens (tertiary/aromatic N) is 1. The number of benzene rings is 1. The quantitative estimate of drug-likeness (QED) is 0.801. The molecule has 0 unspecified atom stereocenters. The Kier molecular flexibility index (Phi) is 5.60. The summed E-state index contributed by atoms with van der Waals surface area (Å²) in [6.45, 7) is 3.07. The predicted molar refractivity (Wildman–Crippen MR) is 67.7 cm³/mol. The van der Waals surface area contributed by atoms with E-state index in [1.54, 1.807) is 26.0 Å². The van der Waals surface area contributed by atoms with Gasteiger partial charge >= 0.3 is 6.18 Å². The molecule has 0 radical (unpaired) electrons. The maximum atomic E-state index is 12.9. The van der Waals surface area contributed by atoms with Crippen molar-refractivity contribution >= 4 is 5.69 Å². The van der Waals surface area contributed by atoms with Crippen LogP contribution in [0.15, 0.2) is 24.3 Å². The van der Waals surface area contributed by atoms with Crippen LogP contribution >= 0.6 is 0 Å². The lowest BCUT2D eigenvalue weighted by Gasteiger charge is -2.27. The van der Waals surface area contributed by atoms with E-state index in [0.717, 1.165) is 0 Å². The average molecular weight is 278 g/mol. The second kappa shape index (κ2) is 6.75. The number of hydrogen-bond acceptors (Lipinski definition) is 2. The van der Waals surface area contributed by atoms with Gasteiger partial charge in [0.05, 0.1) is 6.54 Å². The average Bonchev–Trinajstić information content (AvgIpc) is 2.26. The Balaban J connectivity index is 2.44. The third-order valence-electron chi connectivity index (χ3n) is 2.67. The summed E-state index contributed by atoms with van der Waals surface area (Å²) in [5.41, 5.74) is 0.565. The molecule has 108 valence electrons. The van der Waals surface area contributed by atoms with Crippen LogP contribution in [0, 0.1) is 5.82 Å². The third kappa shape index (κ3) is 6.42. The first-order valence-electron chi connectivity index (χ1n) is 6.08. The van der Waals surface area contributed by atoms with Crippen molar-refractivity contribution in [3.05, 3.63) is 30.1 Å². The molecule has 0 aliphatic carbocycles. The second-order valence-electron chi connectivity index (χ2n) is 4.62. The lowest BCUT2D eigenvalue weighted by molar-refractivity contribution is -0.149. The summed E-state index contributed by atoms with van der Waals surface area (Å²) >= 11 is 0. The molecule has 0 saturated carbocycles. The largest absolute Gasteiger partial charge is 0.401 e. The molecule has 0 aromatic heterocycles. The molecule has 0 aliphatic heterocycles. The summed E-state index contributed by atoms with van der Waals surface area (Å²) in [4.78, 5) is 1.33. The molecule has 0 atom stereocenters. The van der Waals surface area contributed by atoms with Crippen molar-refractivity contribution in [2.45, 2.75) is 26.1 Å². The van der Waals surface area contributed by atoms with Gasteiger partial charge in [0.25, 0.3) is 0 Å². The molecule has 0 saturated heterocycles. The highest BCUT2D eigenvalue weighted by molar-refractivity contribution is 5.42. The van der Waals surface area contributed by atoms with E-state index in [1.165, 1.54) is 17.0 Å². The third-order valence-corrected chi connectivity index (χ3v) is 2.67. The van der Waals surface area contributed by atoms with Crippen LogP contribution in [-0.4, -0.2) is 36.8 Å². The van der Waals surface area contributed by atoms with Gasteiger partial charge in [-0.2, -0.15) is 13.2 Å². The minimum atomic E-state index is -4.21. The van der Waals surface area contributed by atoms with Gasteiger partial charge in [-0.3, -0.25) is 4.90 Å². The van der Waals surface area contributed by atoms with Crippen LogP contribution in [0.1, 0.15) is 13.8 Å². The number of nitrogens with one attached hydrogen (secondary N) is 1. The van der Waals surface area contributed by atoms with Crippen molar-refractivity contribution in [3.63, 3.8) is 0 Å². The Morgan fingerprint density at radius 3 is 2.47 bits per heavy atom. The standard InChI is InChI=1S/C13H18F4N2/c1-10(2)19(9-13(15,16)17)7-6-18-12-5-3-4-11(14)8-12/h3-5,8,10,18H,6-7,9H2,1-2H3. The zero-order valence-corrected chi connectivity index (χ0v) is 11.0. The fourth-order valence-electron chi connectivity index (χ4n) is 1.69. The highest BCUT2D eigenvalue weighted by Crippen LogP contribution is 2.18. The highest BCUT2D eigenvalue weighted by Gasteiger charge is 2.31. The number of rotatable bonds is 6. The molecular weight excluding hydrogens is 260 g/mol. The fourth-order valence-corrected chi connectivity index (χ4v) is 1.69. The van der Waals surface area contributed by atoms with Crippen LogP contribution in [0.5, 0.6) is 0 Å². The SMILES string of the molecule is CC(C)N(CCNc1cccc(F)c1)CC(F)(F)F. The minimum Gasteiger partial charge on any atom is -0.384 e. The van der Waals surface area contributed by atoms with E-state index in [1.807, 2.05) is 0 Å². The molecule has 1 aromatic rings. The van der Waals surface area contributed by atoms with Crippen LogP contribution in [-0.2, 0) is 0 Å². The van der Waals surface area contributed by atoms with Crippen molar-refractivity contribution < 1.29 is 17.6 Å². The van der Waals surface area contributed by atoms with Crippen LogP contribution in [0.4, 0.5) is 23.2 Å². The van der Waals surface area contributed by atoms with Gasteiger partial charge in [-0.05, 0) is 32.0 Å². The van der Waals surface area contributed by atoms with Crippen molar-refractivity contribution in [1.29, 1.82) is 0 Å². The van der Waals surface area contributed by atoms with Crippen LogP contribution < -0.4 is 5.32 Å². The minimum absolute atomic E-state index is 0.198. The van der Waals surface area contributed by atoms with E-state index in [-0.39, 0.29) is 18.4 Å². The molecule has 0 bridgehead atoms. The van der Waals surface area contributed by atoms with Gasteiger partial charge in [-0.1, -0.05) is 6.07 Å². The lowest BCUT2D eigenvalue weighted by Crippen LogP contribution is -2.41. The van der Waals surface area contributed by atoms with E-state index in [4.69, 9.17) is 0 Å². The molecule has 1 N–H and O–H groups in total. The van der Waals surface area contributed by atoms with Crippen molar-refractivity contribution in [2.75, 3.05) is 25.0 Å². The number of halogens is 4.